The summed E-state index contributed by atoms with van der Waals surface area (Å²) in [4.78, 5) is 24.8. The van der Waals surface area contributed by atoms with Crippen LogP contribution in [0.3, 0.4) is 0 Å². The van der Waals surface area contributed by atoms with Gasteiger partial charge in [-0.3, -0.25) is 19.8 Å². The zero-order valence-electron chi connectivity index (χ0n) is 16.0. The van der Waals surface area contributed by atoms with E-state index < -0.39 is 4.92 Å². The molecule has 0 aliphatic carbocycles. The Labute approximate surface area is 165 Å². The first-order chi connectivity index (χ1) is 13.5. The van der Waals surface area contributed by atoms with Crippen molar-refractivity contribution < 1.29 is 9.72 Å². The number of non-ortho nitro benzene ring substituents is 1. The van der Waals surface area contributed by atoms with Gasteiger partial charge in [0.2, 0.25) is 5.91 Å². The number of anilines is 1. The summed E-state index contributed by atoms with van der Waals surface area (Å²) >= 11 is 0. The summed E-state index contributed by atoms with van der Waals surface area (Å²) in [5.74, 6) is 0.587. The third-order valence-corrected chi connectivity index (χ3v) is 5.03. The van der Waals surface area contributed by atoms with Crippen LogP contribution in [0.1, 0.15) is 30.9 Å². The minimum absolute atomic E-state index is 0.0285. The second kappa shape index (κ2) is 9.28. The summed E-state index contributed by atoms with van der Waals surface area (Å²) in [6.07, 6.45) is 5.57. The molecule has 1 aliphatic rings. The third-order valence-electron chi connectivity index (χ3n) is 5.03. The zero-order chi connectivity index (χ0) is 19.9. The Morgan fingerprint density at radius 2 is 1.79 bits per heavy atom. The fourth-order valence-corrected chi connectivity index (χ4v) is 3.23. The van der Waals surface area contributed by atoms with Gasteiger partial charge in [-0.2, -0.15) is 0 Å². The van der Waals surface area contributed by atoms with E-state index >= 15 is 0 Å². The van der Waals surface area contributed by atoms with Gasteiger partial charge in [0.25, 0.3) is 5.69 Å². The van der Waals surface area contributed by atoms with Crippen molar-refractivity contribution in [3.63, 3.8) is 0 Å². The molecule has 0 radical (unpaired) electrons. The lowest BCUT2D eigenvalue weighted by Gasteiger charge is -2.30. The van der Waals surface area contributed by atoms with Crippen LogP contribution in [0.5, 0.6) is 0 Å². The SMILES string of the molecule is CC1CCN(Cc2ccc(NC(=O)/C=C/c3ccc([N+](=O)[O-])cc3)cc2)CC1. The normalized spacial score (nSPS) is 15.6. The number of carbonyl (C=O) groups is 1. The summed E-state index contributed by atoms with van der Waals surface area (Å²) in [6.45, 7) is 5.55. The van der Waals surface area contributed by atoms with Gasteiger partial charge in [0, 0.05) is 30.4 Å². The fraction of sp³-hybridized carbons (Fsp3) is 0.318. The third kappa shape index (κ3) is 5.76. The van der Waals surface area contributed by atoms with Crippen LogP contribution in [-0.4, -0.2) is 28.8 Å². The molecule has 3 rings (SSSR count). The maximum absolute atomic E-state index is 12.1. The molecule has 1 aliphatic heterocycles. The van der Waals surface area contributed by atoms with Gasteiger partial charge in [0.1, 0.15) is 0 Å². The molecule has 1 saturated heterocycles. The highest BCUT2D eigenvalue weighted by Gasteiger charge is 2.15. The number of hydrogen-bond donors (Lipinski definition) is 1. The van der Waals surface area contributed by atoms with E-state index in [2.05, 4.69) is 17.1 Å². The van der Waals surface area contributed by atoms with E-state index in [1.54, 1.807) is 18.2 Å². The van der Waals surface area contributed by atoms with Crippen LogP contribution in [0.25, 0.3) is 6.08 Å². The molecular formula is C22H25N3O3. The van der Waals surface area contributed by atoms with Crippen LogP contribution < -0.4 is 5.32 Å². The van der Waals surface area contributed by atoms with Crippen LogP contribution in [0.15, 0.2) is 54.6 Å². The predicted molar refractivity (Wildman–Crippen MR) is 111 cm³/mol. The van der Waals surface area contributed by atoms with E-state index in [4.69, 9.17) is 0 Å². The summed E-state index contributed by atoms with van der Waals surface area (Å²) in [7, 11) is 0. The molecule has 1 fully saturated rings. The highest BCUT2D eigenvalue weighted by Crippen LogP contribution is 2.19. The molecule has 0 atom stereocenters. The molecule has 146 valence electrons. The Bertz CT molecular complexity index is 836. The molecule has 1 heterocycles. The number of nitrogens with zero attached hydrogens (tertiary/aromatic N) is 2. The number of benzene rings is 2. The van der Waals surface area contributed by atoms with E-state index in [1.165, 1.54) is 36.6 Å². The van der Waals surface area contributed by atoms with Crippen LogP contribution in [-0.2, 0) is 11.3 Å². The summed E-state index contributed by atoms with van der Waals surface area (Å²) in [6, 6.07) is 14.0. The maximum atomic E-state index is 12.1. The number of nitro groups is 1. The fourth-order valence-electron chi connectivity index (χ4n) is 3.23. The molecule has 0 aromatic heterocycles. The first-order valence-electron chi connectivity index (χ1n) is 9.54. The zero-order valence-corrected chi connectivity index (χ0v) is 16.0. The Balaban J connectivity index is 1.50. The highest BCUT2D eigenvalue weighted by molar-refractivity contribution is 6.01. The van der Waals surface area contributed by atoms with Gasteiger partial charge >= 0.3 is 0 Å². The lowest BCUT2D eigenvalue weighted by atomic mass is 9.99. The van der Waals surface area contributed by atoms with Crippen molar-refractivity contribution in [1.82, 2.24) is 4.90 Å². The van der Waals surface area contributed by atoms with Crippen LogP contribution in [0.2, 0.25) is 0 Å². The second-order valence-electron chi connectivity index (χ2n) is 7.33. The Hall–Kier alpha value is -2.99. The quantitative estimate of drug-likeness (QED) is 0.456. The molecule has 28 heavy (non-hydrogen) atoms. The van der Waals surface area contributed by atoms with Crippen molar-refractivity contribution in [1.29, 1.82) is 0 Å². The number of nitrogens with one attached hydrogen (secondary N) is 1. The first kappa shape index (κ1) is 19.8. The average molecular weight is 379 g/mol. The summed E-state index contributed by atoms with van der Waals surface area (Å²) in [5, 5.41) is 13.5. The Kier molecular flexibility index (Phi) is 6.55. The number of hydrogen-bond acceptors (Lipinski definition) is 4. The van der Waals surface area contributed by atoms with Gasteiger partial charge in [-0.05, 0) is 73.3 Å². The lowest BCUT2D eigenvalue weighted by molar-refractivity contribution is -0.384. The van der Waals surface area contributed by atoms with Crippen LogP contribution in [0, 0.1) is 16.0 Å². The van der Waals surface area contributed by atoms with E-state index in [1.807, 2.05) is 24.3 Å². The minimum atomic E-state index is -0.449. The van der Waals surface area contributed by atoms with Crippen molar-refractivity contribution in [2.24, 2.45) is 5.92 Å². The molecule has 0 bridgehead atoms. The van der Waals surface area contributed by atoms with Gasteiger partial charge in [0.15, 0.2) is 0 Å². The van der Waals surface area contributed by atoms with Gasteiger partial charge in [-0.1, -0.05) is 19.1 Å². The number of piperidine rings is 1. The van der Waals surface area contributed by atoms with Crippen LogP contribution in [0.4, 0.5) is 11.4 Å². The van der Waals surface area contributed by atoms with Crippen molar-refractivity contribution in [3.05, 3.63) is 75.8 Å². The van der Waals surface area contributed by atoms with Crippen molar-refractivity contribution in [2.75, 3.05) is 18.4 Å². The van der Waals surface area contributed by atoms with E-state index in [-0.39, 0.29) is 11.6 Å². The van der Waals surface area contributed by atoms with Gasteiger partial charge in [0.05, 0.1) is 4.92 Å². The first-order valence-corrected chi connectivity index (χ1v) is 9.54. The molecule has 1 N–H and O–H groups in total. The molecule has 2 aromatic carbocycles. The molecule has 0 spiro atoms. The van der Waals surface area contributed by atoms with E-state index in [9.17, 15) is 14.9 Å². The molecule has 0 unspecified atom stereocenters. The number of nitro benzene ring substituents is 1. The number of amides is 1. The molecular weight excluding hydrogens is 354 g/mol. The Morgan fingerprint density at radius 1 is 1.14 bits per heavy atom. The van der Waals surface area contributed by atoms with Crippen molar-refractivity contribution in [2.45, 2.75) is 26.3 Å². The lowest BCUT2D eigenvalue weighted by Crippen LogP contribution is -2.32. The summed E-state index contributed by atoms with van der Waals surface area (Å²) < 4.78 is 0. The van der Waals surface area contributed by atoms with E-state index in [0.717, 1.165) is 36.8 Å². The smallest absolute Gasteiger partial charge is 0.269 e. The summed E-state index contributed by atoms with van der Waals surface area (Å²) in [5.41, 5.74) is 2.75. The molecule has 6 heteroatoms. The Morgan fingerprint density at radius 3 is 2.39 bits per heavy atom. The van der Waals surface area contributed by atoms with Gasteiger partial charge in [-0.15, -0.1) is 0 Å². The second-order valence-corrected chi connectivity index (χ2v) is 7.33. The average Bonchev–Trinajstić information content (AvgIpc) is 2.70. The maximum Gasteiger partial charge on any atom is 0.269 e. The number of carbonyl (C=O) groups excluding carboxylic acids is 1. The molecule has 0 saturated carbocycles. The van der Waals surface area contributed by atoms with Gasteiger partial charge < -0.3 is 5.32 Å². The minimum Gasteiger partial charge on any atom is -0.323 e. The highest BCUT2D eigenvalue weighted by atomic mass is 16.6. The number of likely N-dealkylation sites (tertiary alicyclic amines) is 1. The largest absolute Gasteiger partial charge is 0.323 e. The molecule has 1 amide bonds. The van der Waals surface area contributed by atoms with E-state index in [0.29, 0.717) is 0 Å². The van der Waals surface area contributed by atoms with Crippen LogP contribution >= 0.6 is 0 Å². The molecule has 6 nitrogen and oxygen atoms in total. The predicted octanol–water partition coefficient (Wildman–Crippen LogP) is 4.48. The monoisotopic (exact) mass is 379 g/mol. The standard InChI is InChI=1S/C22H25N3O3/c1-17-12-14-24(15-13-17)16-19-2-7-20(8-3-19)23-22(26)11-6-18-4-9-21(10-5-18)25(27)28/h2-11,17H,12-16H2,1H3,(H,23,26)/b11-6+. The molecule has 2 aromatic rings. The number of rotatable bonds is 6. The van der Waals surface area contributed by atoms with Crippen molar-refractivity contribution >= 4 is 23.4 Å². The topological polar surface area (TPSA) is 75.5 Å². The van der Waals surface area contributed by atoms with Gasteiger partial charge in [-0.25, -0.2) is 0 Å². The van der Waals surface area contributed by atoms with Crippen molar-refractivity contribution in [3.8, 4) is 0 Å².